The molecule has 1 heterocycles. The number of rotatable bonds is 3. The van der Waals surface area contributed by atoms with E-state index in [2.05, 4.69) is 21.0 Å². The summed E-state index contributed by atoms with van der Waals surface area (Å²) < 4.78 is 2.71. The summed E-state index contributed by atoms with van der Waals surface area (Å²) in [6.45, 7) is 2.45. The normalized spacial score (nSPS) is 10.3. The fourth-order valence-electron chi connectivity index (χ4n) is 1.20. The van der Waals surface area contributed by atoms with Crippen molar-refractivity contribution in [3.05, 3.63) is 16.4 Å². The summed E-state index contributed by atoms with van der Waals surface area (Å²) >= 11 is 3.40. The van der Waals surface area contributed by atoms with Crippen LogP contribution in [0.4, 0.5) is 0 Å². The van der Waals surface area contributed by atoms with Crippen LogP contribution in [0.15, 0.2) is 10.7 Å². The van der Waals surface area contributed by atoms with E-state index >= 15 is 0 Å². The number of nitrogens with zero attached hydrogens (tertiary/aromatic N) is 3. The lowest BCUT2D eigenvalue weighted by Crippen LogP contribution is -2.26. The fraction of sp³-hybridized carbons (Fsp3) is 0.556. The molecule has 1 aromatic rings. The monoisotopic (exact) mass is 259 g/mol. The number of hydrogen-bond acceptors (Lipinski definition) is 2. The van der Waals surface area contributed by atoms with Crippen LogP contribution in [-0.2, 0) is 18.4 Å². The van der Waals surface area contributed by atoms with E-state index in [-0.39, 0.29) is 5.91 Å². The molecule has 0 bridgehead atoms. The van der Waals surface area contributed by atoms with Crippen LogP contribution in [0, 0.1) is 0 Å². The van der Waals surface area contributed by atoms with Crippen LogP contribution in [0.25, 0.3) is 0 Å². The van der Waals surface area contributed by atoms with Crippen molar-refractivity contribution in [1.29, 1.82) is 0 Å². The van der Waals surface area contributed by atoms with E-state index in [1.165, 1.54) is 0 Å². The molecule has 1 rings (SSSR count). The lowest BCUT2D eigenvalue weighted by atomic mass is 10.3. The van der Waals surface area contributed by atoms with Crippen molar-refractivity contribution in [1.82, 2.24) is 14.7 Å². The van der Waals surface area contributed by atoms with Gasteiger partial charge in [-0.25, -0.2) is 0 Å². The molecule has 0 unspecified atom stereocenters. The van der Waals surface area contributed by atoms with Gasteiger partial charge in [0.2, 0.25) is 5.91 Å². The largest absolute Gasteiger partial charge is 0.340 e. The number of carbonyl (C=O) groups excluding carboxylic acids is 1. The topological polar surface area (TPSA) is 38.1 Å². The number of carbonyl (C=O) groups is 1. The minimum absolute atomic E-state index is 0.137. The highest BCUT2D eigenvalue weighted by molar-refractivity contribution is 9.10. The van der Waals surface area contributed by atoms with E-state index in [0.29, 0.717) is 13.0 Å². The Morgan fingerprint density at radius 2 is 2.36 bits per heavy atom. The minimum Gasteiger partial charge on any atom is -0.340 e. The molecule has 4 nitrogen and oxygen atoms in total. The second kappa shape index (κ2) is 4.59. The summed E-state index contributed by atoms with van der Waals surface area (Å²) in [5, 5.41) is 4.09. The highest BCUT2D eigenvalue weighted by Crippen LogP contribution is 2.16. The molecule has 0 saturated heterocycles. The molecular weight excluding hydrogens is 246 g/mol. The van der Waals surface area contributed by atoms with Gasteiger partial charge in [-0.05, 0) is 15.9 Å². The van der Waals surface area contributed by atoms with Gasteiger partial charge in [-0.3, -0.25) is 9.48 Å². The molecule has 5 heteroatoms. The van der Waals surface area contributed by atoms with Crippen molar-refractivity contribution in [3.63, 3.8) is 0 Å². The maximum Gasteiger partial charge on any atom is 0.222 e. The molecule has 0 radical (unpaired) electrons. The summed E-state index contributed by atoms with van der Waals surface area (Å²) in [5.74, 6) is 0.137. The fourth-order valence-corrected chi connectivity index (χ4v) is 1.67. The first kappa shape index (κ1) is 11.2. The molecular formula is C9H14BrN3O. The minimum atomic E-state index is 0.137. The number of amides is 1. The number of hydrogen-bond donors (Lipinski definition) is 0. The summed E-state index contributed by atoms with van der Waals surface area (Å²) in [6.07, 6.45) is 2.27. The molecule has 0 aliphatic carbocycles. The molecule has 0 spiro atoms. The predicted octanol–water partition coefficient (Wildman–Crippen LogP) is 1.55. The van der Waals surface area contributed by atoms with Crippen molar-refractivity contribution in [2.75, 3.05) is 7.05 Å². The Labute approximate surface area is 92.0 Å². The second-order valence-electron chi connectivity index (χ2n) is 3.17. The quantitative estimate of drug-likeness (QED) is 0.827. The van der Waals surface area contributed by atoms with Gasteiger partial charge in [0.05, 0.1) is 22.9 Å². The van der Waals surface area contributed by atoms with Crippen LogP contribution in [-0.4, -0.2) is 27.6 Å². The van der Waals surface area contributed by atoms with E-state index in [0.717, 1.165) is 10.2 Å². The van der Waals surface area contributed by atoms with Crippen LogP contribution in [0.5, 0.6) is 0 Å². The van der Waals surface area contributed by atoms with E-state index in [1.807, 2.05) is 14.0 Å². The molecule has 1 amide bonds. The third kappa shape index (κ3) is 2.35. The highest BCUT2D eigenvalue weighted by atomic mass is 79.9. The molecule has 14 heavy (non-hydrogen) atoms. The van der Waals surface area contributed by atoms with Crippen molar-refractivity contribution in [3.8, 4) is 0 Å². The van der Waals surface area contributed by atoms with Gasteiger partial charge in [0.1, 0.15) is 0 Å². The van der Waals surface area contributed by atoms with Gasteiger partial charge in [0.15, 0.2) is 0 Å². The molecule has 0 fully saturated rings. The molecule has 0 saturated carbocycles. The smallest absolute Gasteiger partial charge is 0.222 e. The Kier molecular flexibility index (Phi) is 3.69. The molecule has 0 N–H and O–H groups in total. The number of halogens is 1. The Morgan fingerprint density at radius 3 is 2.79 bits per heavy atom. The van der Waals surface area contributed by atoms with Crippen LogP contribution in [0.3, 0.4) is 0 Å². The summed E-state index contributed by atoms with van der Waals surface area (Å²) in [6, 6.07) is 0. The molecule has 78 valence electrons. The van der Waals surface area contributed by atoms with Crippen molar-refractivity contribution >= 4 is 21.8 Å². The first-order valence-electron chi connectivity index (χ1n) is 4.46. The van der Waals surface area contributed by atoms with Crippen LogP contribution in [0.2, 0.25) is 0 Å². The van der Waals surface area contributed by atoms with E-state index in [9.17, 15) is 4.79 Å². The van der Waals surface area contributed by atoms with Crippen LogP contribution < -0.4 is 0 Å². The highest BCUT2D eigenvalue weighted by Gasteiger charge is 2.11. The molecule has 1 aromatic heterocycles. The molecule has 0 aromatic carbocycles. The maximum atomic E-state index is 11.3. The van der Waals surface area contributed by atoms with Crippen LogP contribution >= 0.6 is 15.9 Å². The van der Waals surface area contributed by atoms with Crippen LogP contribution in [0.1, 0.15) is 19.0 Å². The van der Waals surface area contributed by atoms with Crippen molar-refractivity contribution < 1.29 is 4.79 Å². The molecule has 0 atom stereocenters. The first-order chi connectivity index (χ1) is 6.56. The number of aryl methyl sites for hydroxylation is 1. The third-order valence-electron chi connectivity index (χ3n) is 2.13. The zero-order valence-corrected chi connectivity index (χ0v) is 10.2. The van der Waals surface area contributed by atoms with Crippen molar-refractivity contribution in [2.24, 2.45) is 7.05 Å². The molecule has 0 aliphatic rings. The van der Waals surface area contributed by atoms with E-state index < -0.39 is 0 Å². The van der Waals surface area contributed by atoms with Gasteiger partial charge in [-0.15, -0.1) is 0 Å². The predicted molar refractivity (Wildman–Crippen MR) is 57.7 cm³/mol. The average molecular weight is 260 g/mol. The zero-order valence-electron chi connectivity index (χ0n) is 8.62. The number of aromatic nitrogens is 2. The summed E-state index contributed by atoms with van der Waals surface area (Å²) in [5.41, 5.74) is 1.01. The third-order valence-corrected chi connectivity index (χ3v) is 2.79. The van der Waals surface area contributed by atoms with Gasteiger partial charge in [-0.1, -0.05) is 6.92 Å². The Balaban J connectivity index is 2.73. The van der Waals surface area contributed by atoms with E-state index in [4.69, 9.17) is 0 Å². The van der Waals surface area contributed by atoms with Gasteiger partial charge >= 0.3 is 0 Å². The standard InChI is InChI=1S/C9H14BrN3O/c1-4-9(14)12(2)6-8-7(10)5-11-13(8)3/h5H,4,6H2,1-3H3. The van der Waals surface area contributed by atoms with Gasteiger partial charge in [0, 0.05) is 20.5 Å². The van der Waals surface area contributed by atoms with Gasteiger partial charge in [-0.2, -0.15) is 5.10 Å². The average Bonchev–Trinajstić information content (AvgIpc) is 2.48. The lowest BCUT2D eigenvalue weighted by molar-refractivity contribution is -0.130. The Bertz CT molecular complexity index is 315. The first-order valence-corrected chi connectivity index (χ1v) is 5.26. The maximum absolute atomic E-state index is 11.3. The second-order valence-corrected chi connectivity index (χ2v) is 4.02. The molecule has 0 aliphatic heterocycles. The zero-order chi connectivity index (χ0) is 10.7. The van der Waals surface area contributed by atoms with E-state index in [1.54, 1.807) is 22.8 Å². The van der Waals surface area contributed by atoms with Crippen molar-refractivity contribution in [2.45, 2.75) is 19.9 Å². The SMILES string of the molecule is CCC(=O)N(C)Cc1c(Br)cnn1C. The lowest BCUT2D eigenvalue weighted by Gasteiger charge is -2.16. The Hall–Kier alpha value is -0.840. The Morgan fingerprint density at radius 1 is 1.71 bits per heavy atom. The summed E-state index contributed by atoms with van der Waals surface area (Å²) in [4.78, 5) is 13.0. The van der Waals surface area contributed by atoms with Gasteiger partial charge in [0.25, 0.3) is 0 Å². The van der Waals surface area contributed by atoms with Gasteiger partial charge < -0.3 is 4.90 Å². The summed E-state index contributed by atoms with van der Waals surface area (Å²) in [7, 11) is 3.66.